The predicted octanol–water partition coefficient (Wildman–Crippen LogP) is 6.41. The fourth-order valence-corrected chi connectivity index (χ4v) is 6.66. The van der Waals surface area contributed by atoms with Gasteiger partial charge in [-0.25, -0.2) is 9.59 Å². The molecule has 0 aromatic heterocycles. The summed E-state index contributed by atoms with van der Waals surface area (Å²) in [5.74, 6) is -4.17. The zero-order chi connectivity index (χ0) is 37.9. The van der Waals surface area contributed by atoms with Crippen LogP contribution in [0.1, 0.15) is 61.5 Å². The van der Waals surface area contributed by atoms with E-state index in [1.54, 1.807) is 24.3 Å². The highest BCUT2D eigenvalue weighted by Gasteiger charge is 2.37. The third kappa shape index (κ3) is 10.5. The highest BCUT2D eigenvalue weighted by molar-refractivity contribution is 5.89. The largest absolute Gasteiger partial charge is 0.482 e. The van der Waals surface area contributed by atoms with Crippen LogP contribution in [0.4, 0.5) is 4.79 Å². The van der Waals surface area contributed by atoms with E-state index in [4.69, 9.17) is 25.1 Å². The van der Waals surface area contributed by atoms with Gasteiger partial charge in [-0.1, -0.05) is 105 Å². The Morgan fingerprint density at radius 1 is 0.774 bits per heavy atom. The van der Waals surface area contributed by atoms with Crippen molar-refractivity contribution >= 4 is 29.7 Å². The van der Waals surface area contributed by atoms with Crippen molar-refractivity contribution < 1.29 is 43.3 Å². The number of alkyl carbamates (subject to hydrolysis) is 1. The summed E-state index contributed by atoms with van der Waals surface area (Å²) >= 11 is 0. The maximum absolute atomic E-state index is 14.3. The van der Waals surface area contributed by atoms with Crippen molar-refractivity contribution in [2.45, 2.75) is 58.3 Å². The lowest BCUT2D eigenvalue weighted by Gasteiger charge is -2.28. The first-order valence-corrected chi connectivity index (χ1v) is 17.6. The van der Waals surface area contributed by atoms with Gasteiger partial charge in [-0.05, 0) is 53.1 Å². The van der Waals surface area contributed by atoms with Crippen LogP contribution in [0.25, 0.3) is 11.1 Å². The van der Waals surface area contributed by atoms with Gasteiger partial charge in [0, 0.05) is 29.4 Å². The highest BCUT2D eigenvalue weighted by atomic mass is 16.6. The number of primary amides is 1. The lowest BCUT2D eigenvalue weighted by atomic mass is 9.81. The lowest BCUT2D eigenvalue weighted by Crippen LogP contribution is -2.47. The summed E-state index contributed by atoms with van der Waals surface area (Å²) in [5, 5.41) is 11.8. The molecule has 2 amide bonds. The molecule has 1 aliphatic carbocycles. The van der Waals surface area contributed by atoms with Gasteiger partial charge in [0.1, 0.15) is 18.1 Å². The zero-order valence-electron chi connectivity index (χ0n) is 29.7. The number of carbonyl (C=O) groups excluding carboxylic acids is 4. The number of esters is 1. The summed E-state index contributed by atoms with van der Waals surface area (Å²) < 4.78 is 16.9. The number of carboxylic acids is 1. The van der Waals surface area contributed by atoms with Crippen LogP contribution in [-0.2, 0) is 41.7 Å². The maximum Gasteiger partial charge on any atom is 0.408 e. The van der Waals surface area contributed by atoms with Gasteiger partial charge in [0.05, 0.1) is 12.5 Å². The van der Waals surface area contributed by atoms with Crippen molar-refractivity contribution in [1.82, 2.24) is 5.32 Å². The third-order valence-corrected chi connectivity index (χ3v) is 9.18. The van der Waals surface area contributed by atoms with Gasteiger partial charge >= 0.3 is 18.0 Å². The van der Waals surface area contributed by atoms with E-state index < -0.39 is 54.5 Å². The van der Waals surface area contributed by atoms with E-state index in [1.807, 2.05) is 92.7 Å². The second-order valence-electron chi connectivity index (χ2n) is 13.6. The molecule has 5 rings (SSSR count). The van der Waals surface area contributed by atoms with Gasteiger partial charge in [-0.2, -0.15) is 0 Å². The summed E-state index contributed by atoms with van der Waals surface area (Å²) in [7, 11) is 0. The number of carboxylic acid groups (broad SMARTS) is 1. The topological polar surface area (TPSA) is 171 Å². The quantitative estimate of drug-likeness (QED) is 0.0982. The monoisotopic (exact) mass is 720 g/mol. The van der Waals surface area contributed by atoms with Crippen molar-refractivity contribution in [3.05, 3.63) is 125 Å². The number of Topliss-reactive ketones (excluding diaryl/α,β-unsaturated/α-hetero) is 1. The number of hydrogen-bond donors (Lipinski definition) is 3. The second-order valence-corrected chi connectivity index (χ2v) is 13.6. The summed E-state index contributed by atoms with van der Waals surface area (Å²) in [6.45, 7) is 3.31. The van der Waals surface area contributed by atoms with Crippen LogP contribution in [-0.4, -0.2) is 47.5 Å². The Labute approximate surface area is 308 Å². The Kier molecular flexibility index (Phi) is 13.0. The first kappa shape index (κ1) is 38.3. The molecule has 11 nitrogen and oxygen atoms in total. The van der Waals surface area contributed by atoms with E-state index >= 15 is 0 Å². The fraction of sp³-hybridized carbons (Fsp3) is 0.310. The molecule has 1 aliphatic rings. The fourth-order valence-electron chi connectivity index (χ4n) is 6.66. The third-order valence-electron chi connectivity index (χ3n) is 9.18. The van der Waals surface area contributed by atoms with Crippen molar-refractivity contribution in [1.29, 1.82) is 0 Å². The molecule has 276 valence electrons. The molecule has 0 bridgehead atoms. The van der Waals surface area contributed by atoms with Crippen molar-refractivity contribution in [2.24, 2.45) is 23.5 Å². The smallest absolute Gasteiger partial charge is 0.408 e. The minimum Gasteiger partial charge on any atom is -0.482 e. The number of fused-ring (bicyclic) bond motifs is 3. The number of aliphatic carboxylic acids is 1. The number of benzene rings is 4. The molecule has 0 unspecified atom stereocenters. The molecule has 0 radical (unpaired) electrons. The van der Waals surface area contributed by atoms with Crippen LogP contribution in [0, 0.1) is 17.8 Å². The molecule has 0 fully saturated rings. The van der Waals surface area contributed by atoms with E-state index in [0.29, 0.717) is 17.7 Å². The molecule has 11 heteroatoms. The average Bonchev–Trinajstić information content (AvgIpc) is 3.45. The molecule has 0 spiro atoms. The summed E-state index contributed by atoms with van der Waals surface area (Å²) in [6, 6.07) is 29.7. The van der Waals surface area contributed by atoms with Crippen molar-refractivity contribution in [3.8, 4) is 16.9 Å². The molecular formula is C42H44N2O9. The number of hydrogen-bond acceptors (Lipinski definition) is 8. The van der Waals surface area contributed by atoms with Gasteiger partial charge in [-0.15, -0.1) is 0 Å². The first-order chi connectivity index (χ1) is 25.5. The summed E-state index contributed by atoms with van der Waals surface area (Å²) in [4.78, 5) is 65.1. The molecule has 0 saturated carbocycles. The Balaban J connectivity index is 1.45. The van der Waals surface area contributed by atoms with E-state index in [-0.39, 0.29) is 37.6 Å². The van der Waals surface area contributed by atoms with E-state index in [0.717, 1.165) is 27.8 Å². The Morgan fingerprint density at radius 2 is 1.38 bits per heavy atom. The molecule has 4 N–H and O–H groups in total. The summed E-state index contributed by atoms with van der Waals surface area (Å²) in [5.41, 5.74) is 10.6. The van der Waals surface area contributed by atoms with E-state index in [1.165, 1.54) is 0 Å². The molecular weight excluding hydrogens is 676 g/mol. The van der Waals surface area contributed by atoms with Crippen LogP contribution in [0.15, 0.2) is 103 Å². The molecule has 53 heavy (non-hydrogen) atoms. The number of rotatable bonds is 18. The van der Waals surface area contributed by atoms with E-state index in [2.05, 4.69) is 5.32 Å². The number of ether oxygens (including phenoxy) is 3. The normalized spacial score (nSPS) is 13.6. The number of amides is 2. The van der Waals surface area contributed by atoms with Gasteiger partial charge in [0.2, 0.25) is 5.91 Å². The number of nitrogens with two attached hydrogens (primary N) is 1. The second kappa shape index (κ2) is 18.0. The van der Waals surface area contributed by atoms with Crippen molar-refractivity contribution in [2.75, 3.05) is 6.61 Å². The molecule has 0 heterocycles. The highest BCUT2D eigenvalue weighted by Crippen LogP contribution is 2.45. The van der Waals surface area contributed by atoms with Gasteiger partial charge in [0.15, 0.2) is 12.7 Å². The van der Waals surface area contributed by atoms with Gasteiger partial charge in [0.25, 0.3) is 0 Å². The lowest BCUT2D eigenvalue weighted by molar-refractivity contribution is -0.146. The molecule has 0 saturated heterocycles. The van der Waals surface area contributed by atoms with Crippen LogP contribution in [0.2, 0.25) is 0 Å². The van der Waals surface area contributed by atoms with Crippen LogP contribution in [0.5, 0.6) is 5.75 Å². The summed E-state index contributed by atoms with van der Waals surface area (Å²) in [6.07, 6.45) is -1.72. The van der Waals surface area contributed by atoms with Crippen LogP contribution >= 0.6 is 0 Å². The van der Waals surface area contributed by atoms with Crippen LogP contribution in [0.3, 0.4) is 0 Å². The predicted molar refractivity (Wildman–Crippen MR) is 197 cm³/mol. The van der Waals surface area contributed by atoms with Crippen molar-refractivity contribution in [3.63, 3.8) is 0 Å². The molecule has 0 aliphatic heterocycles. The molecule has 4 aromatic carbocycles. The zero-order valence-corrected chi connectivity index (χ0v) is 29.7. The first-order valence-electron chi connectivity index (χ1n) is 17.6. The van der Waals surface area contributed by atoms with Crippen LogP contribution < -0.4 is 15.8 Å². The SMILES string of the molecule is CC(C)C[C@H](CC(=O)[C@H](Cc1ccc(OCC(=O)O)cc1)[C@H](CC(=O)OCc1ccccc1)NC(=O)OC1c2ccccc2-c2ccccc21)C(N)=O. The average molecular weight is 721 g/mol. The van der Waals surface area contributed by atoms with Gasteiger partial charge < -0.3 is 30.4 Å². The Bertz CT molecular complexity index is 1860. The number of ketones is 1. The standard InChI is InChI=1S/C42H44N2O9/c1-26(2)20-29(41(43)49)22-37(45)35(21-27-16-18-30(19-17-27)51-25-38(46)47)36(23-39(48)52-24-28-10-4-3-5-11-28)44-42(50)53-40-33-14-8-6-12-31(33)32-13-7-9-15-34(32)40/h3-19,26,29,35-36,40H,20-25H2,1-2H3,(H2,43,49)(H,44,50)(H,46,47)/t29-,35-,36+/m1/s1. The minimum absolute atomic E-state index is 0.0129. The Morgan fingerprint density at radius 3 is 1.96 bits per heavy atom. The molecule has 3 atom stereocenters. The van der Waals surface area contributed by atoms with E-state index in [9.17, 15) is 24.0 Å². The number of nitrogens with one attached hydrogen (secondary N) is 1. The number of carbonyl (C=O) groups is 5. The minimum atomic E-state index is -1.13. The van der Waals surface area contributed by atoms with Gasteiger partial charge in [-0.3, -0.25) is 14.4 Å². The maximum atomic E-state index is 14.3. The Hall–Kier alpha value is -5.97. The molecule has 4 aromatic rings.